The highest BCUT2D eigenvalue weighted by Crippen LogP contribution is 2.31. The minimum Gasteiger partial charge on any atom is -0.478 e. The van der Waals surface area contributed by atoms with Gasteiger partial charge >= 0.3 is 5.97 Å². The van der Waals surface area contributed by atoms with Gasteiger partial charge in [0.25, 0.3) is 12.3 Å². The van der Waals surface area contributed by atoms with Crippen LogP contribution in [0.2, 0.25) is 0 Å². The Morgan fingerprint density at radius 2 is 2.00 bits per heavy atom. The monoisotopic (exact) mass is 251 g/mol. The van der Waals surface area contributed by atoms with Crippen molar-refractivity contribution in [2.75, 3.05) is 0 Å². The van der Waals surface area contributed by atoms with Gasteiger partial charge in [0.15, 0.2) is 0 Å². The molecule has 94 valence electrons. The molecular weight excluding hydrogens is 242 g/mol. The van der Waals surface area contributed by atoms with Crippen molar-refractivity contribution in [3.63, 3.8) is 0 Å². The van der Waals surface area contributed by atoms with Gasteiger partial charge in [0, 0.05) is 6.92 Å². The lowest BCUT2D eigenvalue weighted by molar-refractivity contribution is 0.0115. The van der Waals surface area contributed by atoms with Crippen molar-refractivity contribution in [1.29, 1.82) is 0 Å². The van der Waals surface area contributed by atoms with E-state index in [2.05, 4.69) is 4.98 Å². The summed E-state index contributed by atoms with van der Waals surface area (Å²) < 4.78 is 51.0. The van der Waals surface area contributed by atoms with Crippen LogP contribution in [0.4, 0.5) is 17.6 Å². The number of carboxylic acid groups (broad SMARTS) is 1. The number of alkyl halides is 4. The number of nitrogens with zero attached hydrogens (tertiary/aromatic N) is 1. The molecular formula is C10H9F4NO2. The van der Waals surface area contributed by atoms with Crippen LogP contribution in [0.1, 0.15) is 40.7 Å². The Kier molecular flexibility index (Phi) is 3.40. The molecule has 1 aromatic rings. The highest BCUT2D eigenvalue weighted by Gasteiger charge is 2.31. The fraction of sp³-hybridized carbons (Fsp3) is 0.400. The van der Waals surface area contributed by atoms with Crippen molar-refractivity contribution >= 4 is 5.97 Å². The van der Waals surface area contributed by atoms with Gasteiger partial charge in [0.1, 0.15) is 11.4 Å². The number of carbonyl (C=O) groups is 1. The van der Waals surface area contributed by atoms with Gasteiger partial charge in [-0.05, 0) is 18.6 Å². The van der Waals surface area contributed by atoms with Crippen LogP contribution in [-0.4, -0.2) is 16.1 Å². The Morgan fingerprint density at radius 1 is 1.47 bits per heavy atom. The minimum absolute atomic E-state index is 0.167. The molecule has 1 heterocycles. The molecule has 0 saturated carbocycles. The molecule has 0 aromatic carbocycles. The summed E-state index contributed by atoms with van der Waals surface area (Å²) in [5.74, 6) is -5.01. The number of hydrogen-bond donors (Lipinski definition) is 1. The van der Waals surface area contributed by atoms with Crippen molar-refractivity contribution in [2.24, 2.45) is 0 Å². The van der Waals surface area contributed by atoms with Crippen LogP contribution in [0.15, 0.2) is 6.07 Å². The van der Waals surface area contributed by atoms with Crippen LogP contribution in [0.5, 0.6) is 0 Å². The number of aryl methyl sites for hydroxylation is 1. The van der Waals surface area contributed by atoms with Gasteiger partial charge in [-0.25, -0.2) is 18.6 Å². The van der Waals surface area contributed by atoms with E-state index in [-0.39, 0.29) is 5.56 Å². The van der Waals surface area contributed by atoms with E-state index in [1.807, 2.05) is 0 Å². The lowest BCUT2D eigenvalue weighted by Crippen LogP contribution is -2.16. The first kappa shape index (κ1) is 13.4. The number of aromatic carboxylic acids is 1. The number of rotatable bonds is 3. The fourth-order valence-electron chi connectivity index (χ4n) is 1.36. The Hall–Kier alpha value is -1.66. The quantitative estimate of drug-likeness (QED) is 0.839. The zero-order valence-corrected chi connectivity index (χ0v) is 8.97. The molecule has 0 aliphatic rings. The lowest BCUT2D eigenvalue weighted by atomic mass is 10.0. The van der Waals surface area contributed by atoms with Crippen LogP contribution in [0.3, 0.4) is 0 Å². The molecule has 0 atom stereocenters. The van der Waals surface area contributed by atoms with Crippen molar-refractivity contribution in [2.45, 2.75) is 26.2 Å². The Morgan fingerprint density at radius 3 is 2.35 bits per heavy atom. The summed E-state index contributed by atoms with van der Waals surface area (Å²) in [5.41, 5.74) is -2.89. The van der Waals surface area contributed by atoms with Crippen LogP contribution in [0, 0.1) is 6.92 Å². The zero-order chi connectivity index (χ0) is 13.4. The third-order valence-corrected chi connectivity index (χ3v) is 2.11. The smallest absolute Gasteiger partial charge is 0.338 e. The standard InChI is InChI=1S/C10H9F4NO2/c1-4-3-5(10(2,13)14)15-7(8(11)12)6(4)9(16)17/h3,8H,1-2H3,(H,16,17). The number of hydrogen-bond acceptors (Lipinski definition) is 2. The molecule has 0 unspecified atom stereocenters. The van der Waals surface area contributed by atoms with E-state index >= 15 is 0 Å². The molecule has 0 aliphatic carbocycles. The predicted octanol–water partition coefficient (Wildman–Crippen LogP) is 3.14. The number of aromatic nitrogens is 1. The first-order chi connectivity index (χ1) is 7.64. The molecule has 0 saturated heterocycles. The van der Waals surface area contributed by atoms with Gasteiger partial charge in [-0.2, -0.15) is 8.78 Å². The van der Waals surface area contributed by atoms with Crippen LogP contribution in [0.25, 0.3) is 0 Å². The number of halogens is 4. The largest absolute Gasteiger partial charge is 0.478 e. The third kappa shape index (κ3) is 2.72. The second-order valence-corrected chi connectivity index (χ2v) is 3.58. The van der Waals surface area contributed by atoms with E-state index in [4.69, 9.17) is 5.11 Å². The van der Waals surface area contributed by atoms with E-state index in [1.165, 1.54) is 6.92 Å². The normalized spacial score (nSPS) is 11.9. The Bertz CT molecular complexity index is 454. The van der Waals surface area contributed by atoms with Gasteiger partial charge in [0.2, 0.25) is 0 Å². The molecule has 3 nitrogen and oxygen atoms in total. The summed E-state index contributed by atoms with van der Waals surface area (Å²) in [6.45, 7) is 1.68. The van der Waals surface area contributed by atoms with Gasteiger partial charge in [-0.3, -0.25) is 0 Å². The average Bonchev–Trinajstić information content (AvgIpc) is 2.13. The van der Waals surface area contributed by atoms with Gasteiger partial charge in [0.05, 0.1) is 5.56 Å². The molecule has 0 fully saturated rings. The summed E-state index contributed by atoms with van der Waals surface area (Å²) in [6, 6.07) is 0.801. The summed E-state index contributed by atoms with van der Waals surface area (Å²) >= 11 is 0. The average molecular weight is 251 g/mol. The Labute approximate surface area is 94.1 Å². The van der Waals surface area contributed by atoms with Crippen LogP contribution in [-0.2, 0) is 5.92 Å². The van der Waals surface area contributed by atoms with Gasteiger partial charge in [-0.15, -0.1) is 0 Å². The van der Waals surface area contributed by atoms with Crippen LogP contribution >= 0.6 is 0 Å². The fourth-order valence-corrected chi connectivity index (χ4v) is 1.36. The topological polar surface area (TPSA) is 50.2 Å². The molecule has 1 rings (SSSR count). The van der Waals surface area contributed by atoms with E-state index < -0.39 is 35.3 Å². The van der Waals surface area contributed by atoms with Crippen molar-refractivity contribution in [3.05, 3.63) is 28.6 Å². The summed E-state index contributed by atoms with van der Waals surface area (Å²) in [4.78, 5) is 13.8. The highest BCUT2D eigenvalue weighted by molar-refractivity contribution is 5.90. The molecule has 17 heavy (non-hydrogen) atoms. The summed E-state index contributed by atoms with van der Waals surface area (Å²) in [7, 11) is 0. The molecule has 0 bridgehead atoms. The van der Waals surface area contributed by atoms with Crippen LogP contribution < -0.4 is 0 Å². The first-order valence-corrected chi connectivity index (χ1v) is 4.56. The number of pyridine rings is 1. The molecule has 0 amide bonds. The van der Waals surface area contributed by atoms with Crippen molar-refractivity contribution in [1.82, 2.24) is 4.98 Å². The van der Waals surface area contributed by atoms with E-state index in [1.54, 1.807) is 0 Å². The van der Waals surface area contributed by atoms with Gasteiger partial charge < -0.3 is 5.11 Å². The summed E-state index contributed by atoms with van der Waals surface area (Å²) in [6.07, 6.45) is -3.22. The molecule has 1 N–H and O–H groups in total. The molecule has 0 spiro atoms. The maximum atomic E-state index is 13.0. The second kappa shape index (κ2) is 4.31. The molecule has 0 aliphatic heterocycles. The molecule has 7 heteroatoms. The molecule has 1 aromatic heterocycles. The third-order valence-electron chi connectivity index (χ3n) is 2.11. The Balaban J connectivity index is 3.52. The second-order valence-electron chi connectivity index (χ2n) is 3.58. The van der Waals surface area contributed by atoms with Crippen molar-refractivity contribution in [3.8, 4) is 0 Å². The first-order valence-electron chi connectivity index (χ1n) is 4.56. The summed E-state index contributed by atoms with van der Waals surface area (Å²) in [5, 5.41) is 8.73. The number of carboxylic acids is 1. The highest BCUT2D eigenvalue weighted by atomic mass is 19.3. The molecule has 0 radical (unpaired) electrons. The maximum Gasteiger partial charge on any atom is 0.338 e. The lowest BCUT2D eigenvalue weighted by Gasteiger charge is -2.14. The maximum absolute atomic E-state index is 13.0. The SMILES string of the molecule is Cc1cc(C(C)(F)F)nc(C(F)F)c1C(=O)O. The van der Waals surface area contributed by atoms with E-state index in [0.717, 1.165) is 6.07 Å². The van der Waals surface area contributed by atoms with Crippen molar-refractivity contribution < 1.29 is 27.5 Å². The minimum atomic E-state index is -3.40. The van der Waals surface area contributed by atoms with E-state index in [9.17, 15) is 22.4 Å². The predicted molar refractivity (Wildman–Crippen MR) is 50.5 cm³/mol. The zero-order valence-electron chi connectivity index (χ0n) is 8.97. The van der Waals surface area contributed by atoms with E-state index in [0.29, 0.717) is 6.92 Å². The van der Waals surface area contributed by atoms with Gasteiger partial charge in [-0.1, -0.05) is 0 Å².